The molecule has 0 radical (unpaired) electrons. The van der Waals surface area contributed by atoms with Gasteiger partial charge < -0.3 is 15.8 Å². The Hall–Kier alpha value is -1.98. The lowest BCUT2D eigenvalue weighted by molar-refractivity contribution is -0.151. The van der Waals surface area contributed by atoms with Crippen molar-refractivity contribution in [1.82, 2.24) is 9.98 Å². The smallest absolute Gasteiger partial charge is 0.334 e. The van der Waals surface area contributed by atoms with E-state index in [1.807, 2.05) is 13.8 Å². The Bertz CT molecular complexity index is 468. The van der Waals surface area contributed by atoms with Crippen molar-refractivity contribution >= 4 is 30.6 Å². The molecule has 1 amide bonds. The first-order valence-electron chi connectivity index (χ1n) is 7.75. The van der Waals surface area contributed by atoms with Crippen LogP contribution in [0.2, 0.25) is 0 Å². The number of esters is 1. The first kappa shape index (κ1) is 21.0. The van der Waals surface area contributed by atoms with Gasteiger partial charge in [0.2, 0.25) is 11.7 Å². The minimum Gasteiger partial charge on any atom is -0.461 e. The van der Waals surface area contributed by atoms with Gasteiger partial charge in [-0.05, 0) is 32.6 Å². The van der Waals surface area contributed by atoms with Gasteiger partial charge in [-0.1, -0.05) is 13.8 Å². The van der Waals surface area contributed by atoms with E-state index in [0.717, 1.165) is 6.21 Å². The van der Waals surface area contributed by atoms with Gasteiger partial charge in [-0.3, -0.25) is 9.59 Å². The second-order valence-corrected chi connectivity index (χ2v) is 6.10. The Morgan fingerprint density at radius 2 is 1.87 bits per heavy atom. The summed E-state index contributed by atoms with van der Waals surface area (Å²) in [5.74, 6) is -1.03. The number of amides is 1. The van der Waals surface area contributed by atoms with E-state index < -0.39 is 24.0 Å². The molecule has 0 bridgehead atoms. The quantitative estimate of drug-likeness (QED) is 0.333. The van der Waals surface area contributed by atoms with Gasteiger partial charge >= 0.3 is 12.2 Å². The zero-order chi connectivity index (χ0) is 18.0. The summed E-state index contributed by atoms with van der Waals surface area (Å²) in [5, 5.41) is 2.57. The van der Waals surface area contributed by atoms with Gasteiger partial charge in [0.15, 0.2) is 0 Å². The van der Waals surface area contributed by atoms with Gasteiger partial charge in [-0.2, -0.15) is 0 Å². The van der Waals surface area contributed by atoms with Gasteiger partial charge in [0, 0.05) is 6.42 Å². The maximum Gasteiger partial charge on any atom is 0.334 e. The van der Waals surface area contributed by atoms with Crippen LogP contribution in [0.5, 0.6) is 0 Å². The van der Waals surface area contributed by atoms with Crippen LogP contribution >= 0.6 is 0 Å². The minimum atomic E-state index is -0.912. The highest BCUT2D eigenvalue weighted by atomic mass is 16.5. The van der Waals surface area contributed by atoms with Crippen molar-refractivity contribution in [2.75, 3.05) is 0 Å². The van der Waals surface area contributed by atoms with Crippen LogP contribution in [0.1, 0.15) is 47.0 Å². The SMILES string of the molecule is C=[N+]=CC(=O)CC[C@H](NC(=O)[C@@H](N)CC(C)C)C(=O)OC(C)C. The van der Waals surface area contributed by atoms with E-state index in [9.17, 15) is 14.4 Å². The van der Waals surface area contributed by atoms with Gasteiger partial charge in [0.25, 0.3) is 6.72 Å². The second-order valence-electron chi connectivity index (χ2n) is 6.10. The first-order chi connectivity index (χ1) is 10.7. The Balaban J connectivity index is 4.83. The van der Waals surface area contributed by atoms with Crippen molar-refractivity contribution < 1.29 is 19.1 Å². The number of Topliss-reactive ketones (excluding diaryl/α,β-unsaturated/α-hetero) is 1. The van der Waals surface area contributed by atoms with Crippen molar-refractivity contribution in [2.24, 2.45) is 11.7 Å². The lowest BCUT2D eigenvalue weighted by Crippen LogP contribution is -2.49. The predicted octanol–water partition coefficient (Wildman–Crippen LogP) is -0.0159. The number of nitrogens with zero attached hydrogens (tertiary/aromatic N) is 1. The van der Waals surface area contributed by atoms with Crippen LogP contribution in [0, 0.1) is 5.92 Å². The molecule has 0 aliphatic carbocycles. The number of nitrogens with one attached hydrogen (secondary N) is 1. The molecule has 0 aromatic rings. The number of hydrogen-bond acceptors (Lipinski definition) is 5. The Morgan fingerprint density at radius 1 is 1.26 bits per heavy atom. The number of rotatable bonds is 10. The second kappa shape index (κ2) is 10.7. The van der Waals surface area contributed by atoms with Crippen LogP contribution in [0.4, 0.5) is 0 Å². The standard InChI is InChI=1S/C16H27N3O4/c1-10(2)8-13(17)15(21)19-14(16(22)23-11(3)4)7-6-12(20)9-18-5/h9-11,13-14H,5-8,17H2,1-4H3/p+1/t13-,14-/m0/s1. The fourth-order valence-electron chi connectivity index (χ4n) is 1.91. The average Bonchev–Trinajstić information content (AvgIpc) is 2.41. The third-order valence-corrected chi connectivity index (χ3v) is 2.93. The van der Waals surface area contributed by atoms with Gasteiger partial charge in [0.1, 0.15) is 6.04 Å². The van der Waals surface area contributed by atoms with E-state index in [2.05, 4.69) is 16.7 Å². The summed E-state index contributed by atoms with van der Waals surface area (Å²) in [5.41, 5.74) is 5.81. The summed E-state index contributed by atoms with van der Waals surface area (Å²) >= 11 is 0. The molecule has 7 heteroatoms. The van der Waals surface area contributed by atoms with Crippen molar-refractivity contribution in [3.63, 3.8) is 0 Å². The fraction of sp³-hybridized carbons (Fsp3) is 0.688. The molecular formula is C16H28N3O4+. The van der Waals surface area contributed by atoms with E-state index >= 15 is 0 Å². The summed E-state index contributed by atoms with van der Waals surface area (Å²) in [6, 6.07) is -1.62. The summed E-state index contributed by atoms with van der Waals surface area (Å²) < 4.78 is 8.50. The molecule has 7 nitrogen and oxygen atoms in total. The van der Waals surface area contributed by atoms with Gasteiger partial charge in [-0.15, -0.1) is 4.67 Å². The number of nitrogens with two attached hydrogens (primary N) is 1. The van der Waals surface area contributed by atoms with Crippen LogP contribution in [-0.4, -0.2) is 48.8 Å². The first-order valence-corrected chi connectivity index (χ1v) is 7.75. The Labute approximate surface area is 137 Å². The molecule has 0 aromatic heterocycles. The molecule has 0 saturated heterocycles. The molecule has 0 unspecified atom stereocenters. The zero-order valence-electron chi connectivity index (χ0n) is 14.4. The molecule has 0 heterocycles. The van der Waals surface area contributed by atoms with Crippen molar-refractivity contribution in [2.45, 2.75) is 65.1 Å². The molecule has 130 valence electrons. The highest BCUT2D eigenvalue weighted by Gasteiger charge is 2.26. The fourth-order valence-corrected chi connectivity index (χ4v) is 1.91. The van der Waals surface area contributed by atoms with Gasteiger partial charge in [0.05, 0.1) is 12.1 Å². The number of ketones is 1. The lowest BCUT2D eigenvalue weighted by Gasteiger charge is -2.21. The monoisotopic (exact) mass is 326 g/mol. The summed E-state index contributed by atoms with van der Waals surface area (Å²) in [6.07, 6.45) is 1.44. The normalized spacial score (nSPS) is 13.2. The zero-order valence-corrected chi connectivity index (χ0v) is 14.4. The van der Waals surface area contributed by atoms with Crippen LogP contribution in [0.25, 0.3) is 0 Å². The number of ether oxygens (including phenoxy) is 1. The molecule has 0 spiro atoms. The highest BCUT2D eigenvalue weighted by Crippen LogP contribution is 2.06. The molecule has 2 atom stereocenters. The van der Waals surface area contributed by atoms with Crippen LogP contribution in [0.15, 0.2) is 0 Å². The van der Waals surface area contributed by atoms with Crippen LogP contribution in [-0.2, 0) is 19.1 Å². The maximum absolute atomic E-state index is 12.1. The molecule has 23 heavy (non-hydrogen) atoms. The van der Waals surface area contributed by atoms with E-state index in [0.29, 0.717) is 6.42 Å². The molecule has 0 rings (SSSR count). The molecular weight excluding hydrogens is 298 g/mol. The highest BCUT2D eigenvalue weighted by molar-refractivity contribution is 6.27. The van der Waals surface area contributed by atoms with Crippen molar-refractivity contribution in [1.29, 1.82) is 0 Å². The molecule has 0 aliphatic heterocycles. The van der Waals surface area contributed by atoms with Gasteiger partial charge in [-0.25, -0.2) is 4.79 Å². The third-order valence-electron chi connectivity index (χ3n) is 2.93. The molecule has 0 aliphatic rings. The average molecular weight is 326 g/mol. The van der Waals surface area contributed by atoms with Crippen molar-refractivity contribution in [3.05, 3.63) is 0 Å². The van der Waals surface area contributed by atoms with Crippen molar-refractivity contribution in [3.8, 4) is 0 Å². The van der Waals surface area contributed by atoms with E-state index in [1.54, 1.807) is 13.8 Å². The molecule has 0 fully saturated rings. The summed E-state index contributed by atoms with van der Waals surface area (Å²) in [7, 11) is 0. The molecule has 3 N–H and O–H groups in total. The molecule has 0 aromatic carbocycles. The number of hydrogen-bond donors (Lipinski definition) is 2. The van der Waals surface area contributed by atoms with E-state index in [-0.39, 0.29) is 30.6 Å². The predicted molar refractivity (Wildman–Crippen MR) is 90.1 cm³/mol. The number of carbonyl (C=O) groups is 3. The maximum atomic E-state index is 12.1. The Kier molecular flexibility index (Phi) is 9.78. The Morgan fingerprint density at radius 3 is 2.35 bits per heavy atom. The summed E-state index contributed by atoms with van der Waals surface area (Å²) in [6.45, 7) is 10.5. The molecule has 0 saturated carbocycles. The third kappa shape index (κ3) is 9.60. The topological polar surface area (TPSA) is 113 Å². The van der Waals surface area contributed by atoms with Crippen LogP contribution in [0.3, 0.4) is 0 Å². The largest absolute Gasteiger partial charge is 0.461 e. The van der Waals surface area contributed by atoms with Crippen LogP contribution < -0.4 is 15.7 Å². The van der Waals surface area contributed by atoms with E-state index in [1.165, 1.54) is 0 Å². The lowest BCUT2D eigenvalue weighted by atomic mass is 10.0. The van der Waals surface area contributed by atoms with E-state index in [4.69, 9.17) is 10.5 Å². The minimum absolute atomic E-state index is 0.0522. The number of carbonyl (C=O) groups excluding carboxylic acids is 3. The summed E-state index contributed by atoms with van der Waals surface area (Å²) in [4.78, 5) is 35.6.